The van der Waals surface area contributed by atoms with Crippen molar-refractivity contribution < 1.29 is 9.53 Å². The second kappa shape index (κ2) is 7.23. The van der Waals surface area contributed by atoms with E-state index in [2.05, 4.69) is 33.4 Å². The Balaban J connectivity index is 1.35. The fraction of sp³-hybridized carbons (Fsp3) is 0.400. The number of anilines is 2. The van der Waals surface area contributed by atoms with Crippen LogP contribution in [0.15, 0.2) is 36.5 Å². The Kier molecular flexibility index (Phi) is 4.65. The molecule has 0 unspecified atom stereocenters. The van der Waals surface area contributed by atoms with Crippen LogP contribution < -0.4 is 10.2 Å². The molecule has 4 rings (SSSR count). The lowest BCUT2D eigenvalue weighted by molar-refractivity contribution is -0.115. The third kappa shape index (κ3) is 3.82. The van der Waals surface area contributed by atoms with E-state index in [-0.39, 0.29) is 5.91 Å². The van der Waals surface area contributed by atoms with E-state index in [0.717, 1.165) is 49.8 Å². The fourth-order valence-electron chi connectivity index (χ4n) is 3.57. The summed E-state index contributed by atoms with van der Waals surface area (Å²) in [5, 5.41) is 2.94. The van der Waals surface area contributed by atoms with Crippen LogP contribution in [-0.4, -0.2) is 37.2 Å². The van der Waals surface area contributed by atoms with Crippen molar-refractivity contribution in [2.45, 2.75) is 25.7 Å². The van der Waals surface area contributed by atoms with E-state index in [1.54, 1.807) is 6.20 Å². The van der Waals surface area contributed by atoms with Crippen LogP contribution in [0.5, 0.6) is 0 Å². The fourth-order valence-corrected chi connectivity index (χ4v) is 3.57. The minimum absolute atomic E-state index is 0.00105. The number of nitrogens with zero attached hydrogens (tertiary/aromatic N) is 2. The summed E-state index contributed by atoms with van der Waals surface area (Å²) in [6.07, 6.45) is 5.66. The molecule has 1 saturated heterocycles. The Labute approximate surface area is 148 Å². The van der Waals surface area contributed by atoms with Crippen molar-refractivity contribution in [2.24, 2.45) is 0 Å². The molecule has 0 saturated carbocycles. The molecule has 2 aromatic rings. The third-order valence-electron chi connectivity index (χ3n) is 4.89. The second-order valence-corrected chi connectivity index (χ2v) is 6.69. The number of amides is 1. The largest absolute Gasteiger partial charge is 0.378 e. The van der Waals surface area contributed by atoms with Gasteiger partial charge in [0.05, 0.1) is 31.5 Å². The number of benzene rings is 1. The lowest BCUT2D eigenvalue weighted by Crippen LogP contribution is -2.36. The van der Waals surface area contributed by atoms with Gasteiger partial charge in [0.2, 0.25) is 5.91 Å². The summed E-state index contributed by atoms with van der Waals surface area (Å²) >= 11 is 0. The molecule has 0 bridgehead atoms. The Morgan fingerprint density at radius 2 is 1.96 bits per heavy atom. The summed E-state index contributed by atoms with van der Waals surface area (Å²) in [5.41, 5.74) is 4.66. The summed E-state index contributed by atoms with van der Waals surface area (Å²) in [6.45, 7) is 3.19. The molecule has 0 atom stereocenters. The Hall–Kier alpha value is -2.40. The number of hydrogen-bond acceptors (Lipinski definition) is 4. The molecule has 1 amide bonds. The van der Waals surface area contributed by atoms with Crippen LogP contribution in [0.1, 0.15) is 23.1 Å². The Morgan fingerprint density at radius 3 is 2.76 bits per heavy atom. The summed E-state index contributed by atoms with van der Waals surface area (Å²) in [6, 6.07) is 10.3. The summed E-state index contributed by atoms with van der Waals surface area (Å²) in [7, 11) is 0. The molecule has 5 nitrogen and oxygen atoms in total. The molecule has 2 heterocycles. The van der Waals surface area contributed by atoms with E-state index in [1.165, 1.54) is 24.0 Å². The first kappa shape index (κ1) is 16.1. The van der Waals surface area contributed by atoms with E-state index in [0.29, 0.717) is 6.42 Å². The van der Waals surface area contributed by atoms with E-state index in [9.17, 15) is 4.79 Å². The lowest BCUT2D eigenvalue weighted by Gasteiger charge is -2.27. The highest BCUT2D eigenvalue weighted by Gasteiger charge is 2.14. The molecule has 5 heteroatoms. The molecule has 130 valence electrons. The van der Waals surface area contributed by atoms with Gasteiger partial charge >= 0.3 is 0 Å². The number of hydrogen-bond donors (Lipinski definition) is 1. The molecule has 1 N–H and O–H groups in total. The molecule has 1 aromatic carbocycles. The zero-order valence-corrected chi connectivity index (χ0v) is 14.3. The van der Waals surface area contributed by atoms with Crippen LogP contribution in [-0.2, 0) is 28.8 Å². The van der Waals surface area contributed by atoms with Crippen molar-refractivity contribution in [1.29, 1.82) is 0 Å². The average molecular weight is 337 g/mol. The zero-order valence-electron chi connectivity index (χ0n) is 14.3. The minimum atomic E-state index is -0.00105. The topological polar surface area (TPSA) is 54.5 Å². The number of ether oxygens (including phenoxy) is 1. The summed E-state index contributed by atoms with van der Waals surface area (Å²) in [4.78, 5) is 19.0. The second-order valence-electron chi connectivity index (χ2n) is 6.69. The minimum Gasteiger partial charge on any atom is -0.378 e. The highest BCUT2D eigenvalue weighted by molar-refractivity contribution is 5.92. The van der Waals surface area contributed by atoms with Gasteiger partial charge in [-0.3, -0.25) is 4.79 Å². The maximum atomic E-state index is 12.3. The quantitative estimate of drug-likeness (QED) is 0.932. The number of pyridine rings is 1. The molecular weight excluding hydrogens is 314 g/mol. The maximum Gasteiger partial charge on any atom is 0.228 e. The van der Waals surface area contributed by atoms with Gasteiger partial charge in [-0.25, -0.2) is 4.98 Å². The summed E-state index contributed by atoms with van der Waals surface area (Å²) in [5.74, 6) is 0.929. The Morgan fingerprint density at radius 1 is 1.12 bits per heavy atom. The SMILES string of the molecule is O=C(Cc1ccc2c(c1)CCC2)Nc1ccc(N2CCOCC2)nc1. The van der Waals surface area contributed by atoms with Crippen molar-refractivity contribution in [3.8, 4) is 0 Å². The standard InChI is InChI=1S/C20H23N3O2/c24-20(13-15-4-5-16-2-1-3-17(16)12-15)22-18-6-7-19(21-14-18)23-8-10-25-11-9-23/h4-7,12,14H,1-3,8-11,13H2,(H,22,24). The molecule has 25 heavy (non-hydrogen) atoms. The molecule has 0 radical (unpaired) electrons. The van der Waals surface area contributed by atoms with Gasteiger partial charge in [0, 0.05) is 13.1 Å². The van der Waals surface area contributed by atoms with Crippen LogP contribution in [0, 0.1) is 0 Å². The Bertz CT molecular complexity index is 752. The van der Waals surface area contributed by atoms with Gasteiger partial charge in [-0.05, 0) is 48.1 Å². The first-order valence-corrected chi connectivity index (χ1v) is 8.97. The zero-order chi connectivity index (χ0) is 17.1. The van der Waals surface area contributed by atoms with Gasteiger partial charge in [-0.2, -0.15) is 0 Å². The van der Waals surface area contributed by atoms with Crippen molar-refractivity contribution >= 4 is 17.4 Å². The molecule has 1 aliphatic carbocycles. The number of aromatic nitrogens is 1. The van der Waals surface area contributed by atoms with Crippen molar-refractivity contribution in [1.82, 2.24) is 4.98 Å². The smallest absolute Gasteiger partial charge is 0.228 e. The molecular formula is C20H23N3O2. The van der Waals surface area contributed by atoms with Crippen LogP contribution in [0.2, 0.25) is 0 Å². The number of carbonyl (C=O) groups excluding carboxylic acids is 1. The number of aryl methyl sites for hydroxylation is 2. The highest BCUT2D eigenvalue weighted by Crippen LogP contribution is 2.23. The molecule has 1 aromatic heterocycles. The molecule has 2 aliphatic rings. The van der Waals surface area contributed by atoms with E-state index < -0.39 is 0 Å². The number of morpholine rings is 1. The van der Waals surface area contributed by atoms with Crippen molar-refractivity contribution in [3.63, 3.8) is 0 Å². The van der Waals surface area contributed by atoms with Gasteiger partial charge in [0.15, 0.2) is 0 Å². The van der Waals surface area contributed by atoms with Crippen LogP contribution in [0.25, 0.3) is 0 Å². The van der Waals surface area contributed by atoms with Gasteiger partial charge in [0.25, 0.3) is 0 Å². The number of fused-ring (bicyclic) bond motifs is 1. The van der Waals surface area contributed by atoms with Gasteiger partial charge in [0.1, 0.15) is 5.82 Å². The van der Waals surface area contributed by atoms with Crippen molar-refractivity contribution in [3.05, 3.63) is 53.2 Å². The number of carbonyl (C=O) groups is 1. The monoisotopic (exact) mass is 337 g/mol. The highest BCUT2D eigenvalue weighted by atomic mass is 16.5. The van der Waals surface area contributed by atoms with Gasteiger partial charge < -0.3 is 15.0 Å². The summed E-state index contributed by atoms with van der Waals surface area (Å²) < 4.78 is 5.36. The lowest BCUT2D eigenvalue weighted by atomic mass is 10.0. The molecule has 1 fully saturated rings. The molecule has 1 aliphatic heterocycles. The predicted octanol–water partition coefficient (Wildman–Crippen LogP) is 2.59. The van der Waals surface area contributed by atoms with E-state index in [4.69, 9.17) is 4.74 Å². The number of rotatable bonds is 4. The van der Waals surface area contributed by atoms with E-state index >= 15 is 0 Å². The first-order valence-electron chi connectivity index (χ1n) is 8.97. The van der Waals surface area contributed by atoms with Crippen LogP contribution in [0.4, 0.5) is 11.5 Å². The van der Waals surface area contributed by atoms with Gasteiger partial charge in [-0.1, -0.05) is 18.2 Å². The third-order valence-corrected chi connectivity index (χ3v) is 4.89. The average Bonchev–Trinajstić information content (AvgIpc) is 3.11. The molecule has 0 spiro atoms. The van der Waals surface area contributed by atoms with Crippen molar-refractivity contribution in [2.75, 3.05) is 36.5 Å². The first-order chi connectivity index (χ1) is 12.3. The number of nitrogens with one attached hydrogen (secondary N) is 1. The van der Waals surface area contributed by atoms with Crippen LogP contribution >= 0.6 is 0 Å². The predicted molar refractivity (Wildman–Crippen MR) is 98.1 cm³/mol. The van der Waals surface area contributed by atoms with E-state index in [1.807, 2.05) is 12.1 Å². The maximum absolute atomic E-state index is 12.3. The normalized spacial score (nSPS) is 16.6. The van der Waals surface area contributed by atoms with Crippen LogP contribution in [0.3, 0.4) is 0 Å². The van der Waals surface area contributed by atoms with Gasteiger partial charge in [-0.15, -0.1) is 0 Å².